The van der Waals surface area contributed by atoms with Crippen molar-refractivity contribution in [2.24, 2.45) is 0 Å². The van der Waals surface area contributed by atoms with Gasteiger partial charge in [0.05, 0.1) is 17.1 Å². The van der Waals surface area contributed by atoms with Crippen molar-refractivity contribution in [1.82, 2.24) is 30.3 Å². The Bertz CT molecular complexity index is 1380. The Morgan fingerprint density at radius 1 is 0.968 bits per heavy atom. The van der Waals surface area contributed by atoms with Gasteiger partial charge in [0.15, 0.2) is 5.82 Å². The van der Waals surface area contributed by atoms with E-state index in [2.05, 4.69) is 31.1 Å². The number of benzene rings is 3. The molecular formula is C23H19N7O. The summed E-state index contributed by atoms with van der Waals surface area (Å²) in [6.07, 6.45) is 0. The second-order valence-electron chi connectivity index (χ2n) is 7.18. The highest BCUT2D eigenvalue weighted by atomic mass is 16.1. The Morgan fingerprint density at radius 2 is 1.77 bits per heavy atom. The van der Waals surface area contributed by atoms with E-state index < -0.39 is 0 Å². The molecule has 8 nitrogen and oxygen atoms in total. The second kappa shape index (κ2) is 7.83. The fraction of sp³-hybridized carbons (Fsp3) is 0.0870. The van der Waals surface area contributed by atoms with Crippen LogP contribution in [0.5, 0.6) is 0 Å². The Balaban J connectivity index is 1.42. The Labute approximate surface area is 177 Å². The number of amides is 1. The molecule has 0 aliphatic rings. The third kappa shape index (κ3) is 3.66. The molecule has 3 aromatic carbocycles. The molecule has 0 fully saturated rings. The highest BCUT2D eigenvalue weighted by Crippen LogP contribution is 2.23. The number of tetrazole rings is 1. The van der Waals surface area contributed by atoms with Crippen LogP contribution in [0.1, 0.15) is 28.9 Å². The lowest BCUT2D eigenvalue weighted by atomic mass is 10.1. The third-order valence-corrected chi connectivity index (χ3v) is 5.06. The number of carbonyl (C=O) groups is 1. The van der Waals surface area contributed by atoms with E-state index in [9.17, 15) is 4.79 Å². The van der Waals surface area contributed by atoms with Gasteiger partial charge in [0.25, 0.3) is 5.91 Å². The molecule has 8 heteroatoms. The topological polar surface area (TPSA) is 97.1 Å². The van der Waals surface area contributed by atoms with Gasteiger partial charge in [-0.15, -0.1) is 5.10 Å². The van der Waals surface area contributed by atoms with Crippen molar-refractivity contribution < 1.29 is 4.79 Å². The zero-order chi connectivity index (χ0) is 21.2. The molecule has 0 radical (unpaired) electrons. The maximum absolute atomic E-state index is 12.8. The Hall–Kier alpha value is -4.33. The van der Waals surface area contributed by atoms with Crippen LogP contribution in [0.15, 0.2) is 78.9 Å². The van der Waals surface area contributed by atoms with E-state index in [0.29, 0.717) is 22.7 Å². The summed E-state index contributed by atoms with van der Waals surface area (Å²) in [6, 6.07) is 24.6. The van der Waals surface area contributed by atoms with Crippen LogP contribution >= 0.6 is 0 Å². The minimum absolute atomic E-state index is 0.103. The molecule has 0 bridgehead atoms. The normalized spacial score (nSPS) is 12.0. The molecule has 0 saturated heterocycles. The Morgan fingerprint density at radius 3 is 2.65 bits per heavy atom. The molecule has 0 spiro atoms. The smallest absolute Gasteiger partial charge is 0.251 e. The van der Waals surface area contributed by atoms with Gasteiger partial charge in [0.2, 0.25) is 5.65 Å². The van der Waals surface area contributed by atoms with E-state index in [-0.39, 0.29) is 11.9 Å². The van der Waals surface area contributed by atoms with Crippen molar-refractivity contribution in [3.8, 4) is 0 Å². The van der Waals surface area contributed by atoms with Crippen LogP contribution in [-0.4, -0.2) is 30.9 Å². The standard InChI is InChI=1S/C23H19N7O/c1-15(16-8-3-2-4-9-16)24-23(31)17-10-7-11-18(14-17)25-21-22-27-28-29-30(22)20-13-6-5-12-19(20)26-21/h2-15H,1H3,(H,24,31)(H,25,26)/t15-/m1/s1. The van der Waals surface area contributed by atoms with Crippen molar-refractivity contribution in [3.63, 3.8) is 0 Å². The quantitative estimate of drug-likeness (QED) is 0.457. The monoisotopic (exact) mass is 409 g/mol. The van der Waals surface area contributed by atoms with Gasteiger partial charge < -0.3 is 10.6 Å². The minimum Gasteiger partial charge on any atom is -0.346 e. The maximum Gasteiger partial charge on any atom is 0.251 e. The van der Waals surface area contributed by atoms with Crippen molar-refractivity contribution in [3.05, 3.63) is 90.0 Å². The van der Waals surface area contributed by atoms with E-state index in [4.69, 9.17) is 0 Å². The zero-order valence-corrected chi connectivity index (χ0v) is 16.7. The molecule has 0 aliphatic heterocycles. The van der Waals surface area contributed by atoms with Crippen LogP contribution in [0.3, 0.4) is 0 Å². The summed E-state index contributed by atoms with van der Waals surface area (Å²) in [5.74, 6) is 0.361. The first-order valence-electron chi connectivity index (χ1n) is 9.89. The molecule has 152 valence electrons. The number of nitrogens with zero attached hydrogens (tertiary/aromatic N) is 5. The predicted octanol–water partition coefficient (Wildman–Crippen LogP) is 3.91. The molecule has 0 saturated carbocycles. The van der Waals surface area contributed by atoms with E-state index >= 15 is 0 Å². The molecule has 31 heavy (non-hydrogen) atoms. The molecule has 2 heterocycles. The number of anilines is 2. The lowest BCUT2D eigenvalue weighted by molar-refractivity contribution is 0.0940. The van der Waals surface area contributed by atoms with Gasteiger partial charge in [0, 0.05) is 11.3 Å². The van der Waals surface area contributed by atoms with Gasteiger partial charge in [0.1, 0.15) is 0 Å². The van der Waals surface area contributed by atoms with Crippen LogP contribution in [0.25, 0.3) is 16.7 Å². The van der Waals surface area contributed by atoms with E-state index in [0.717, 1.165) is 16.6 Å². The lowest BCUT2D eigenvalue weighted by Crippen LogP contribution is -2.26. The fourth-order valence-electron chi connectivity index (χ4n) is 3.47. The van der Waals surface area contributed by atoms with Crippen molar-refractivity contribution in [2.45, 2.75) is 13.0 Å². The molecule has 2 N–H and O–H groups in total. The highest BCUT2D eigenvalue weighted by molar-refractivity contribution is 5.95. The fourth-order valence-corrected chi connectivity index (χ4v) is 3.47. The minimum atomic E-state index is -0.152. The average Bonchev–Trinajstić information content (AvgIpc) is 3.31. The van der Waals surface area contributed by atoms with Crippen LogP contribution in [0.4, 0.5) is 11.5 Å². The largest absolute Gasteiger partial charge is 0.346 e. The lowest BCUT2D eigenvalue weighted by Gasteiger charge is -2.15. The summed E-state index contributed by atoms with van der Waals surface area (Å²) >= 11 is 0. The molecule has 0 unspecified atom stereocenters. The first-order valence-corrected chi connectivity index (χ1v) is 9.89. The number of aromatic nitrogens is 5. The summed E-state index contributed by atoms with van der Waals surface area (Å²) in [4.78, 5) is 17.4. The SMILES string of the molecule is C[C@@H](NC(=O)c1cccc(Nc2nc3ccccc3n3nnnc23)c1)c1ccccc1. The molecule has 2 aromatic heterocycles. The highest BCUT2D eigenvalue weighted by Gasteiger charge is 2.14. The molecule has 1 atom stereocenters. The van der Waals surface area contributed by atoms with Gasteiger partial charge in [-0.25, -0.2) is 4.98 Å². The summed E-state index contributed by atoms with van der Waals surface area (Å²) in [7, 11) is 0. The molecule has 5 rings (SSSR count). The van der Waals surface area contributed by atoms with Crippen LogP contribution < -0.4 is 10.6 Å². The first-order chi connectivity index (χ1) is 15.2. The summed E-state index contributed by atoms with van der Waals surface area (Å²) < 4.78 is 1.64. The number of para-hydroxylation sites is 2. The first kappa shape index (κ1) is 18.7. The summed E-state index contributed by atoms with van der Waals surface area (Å²) in [5, 5.41) is 18.2. The molecule has 0 aliphatic carbocycles. The van der Waals surface area contributed by atoms with Crippen molar-refractivity contribution in [2.75, 3.05) is 5.32 Å². The predicted molar refractivity (Wildman–Crippen MR) is 118 cm³/mol. The third-order valence-electron chi connectivity index (χ3n) is 5.06. The molecule has 1 amide bonds. The van der Waals surface area contributed by atoms with Crippen LogP contribution in [0, 0.1) is 0 Å². The number of fused-ring (bicyclic) bond motifs is 3. The van der Waals surface area contributed by atoms with Gasteiger partial charge in [-0.05, 0) is 53.2 Å². The van der Waals surface area contributed by atoms with Crippen LogP contribution in [0.2, 0.25) is 0 Å². The van der Waals surface area contributed by atoms with Gasteiger partial charge >= 0.3 is 0 Å². The van der Waals surface area contributed by atoms with E-state index in [1.165, 1.54) is 0 Å². The molecular weight excluding hydrogens is 390 g/mol. The van der Waals surface area contributed by atoms with Gasteiger partial charge in [-0.1, -0.05) is 48.5 Å². The summed E-state index contributed by atoms with van der Waals surface area (Å²) in [6.45, 7) is 1.96. The maximum atomic E-state index is 12.8. The van der Waals surface area contributed by atoms with Crippen molar-refractivity contribution >= 4 is 34.1 Å². The van der Waals surface area contributed by atoms with E-state index in [1.54, 1.807) is 16.6 Å². The number of hydrogen-bond acceptors (Lipinski definition) is 6. The van der Waals surface area contributed by atoms with Crippen LogP contribution in [-0.2, 0) is 0 Å². The summed E-state index contributed by atoms with van der Waals surface area (Å²) in [5.41, 5.74) is 4.39. The van der Waals surface area contributed by atoms with Crippen molar-refractivity contribution in [1.29, 1.82) is 0 Å². The zero-order valence-electron chi connectivity index (χ0n) is 16.7. The second-order valence-corrected chi connectivity index (χ2v) is 7.18. The number of rotatable bonds is 5. The average molecular weight is 409 g/mol. The Kier molecular flexibility index (Phi) is 4.72. The van der Waals surface area contributed by atoms with Gasteiger partial charge in [-0.3, -0.25) is 4.79 Å². The number of hydrogen-bond donors (Lipinski definition) is 2. The van der Waals surface area contributed by atoms with Gasteiger partial charge in [-0.2, -0.15) is 4.52 Å². The van der Waals surface area contributed by atoms with E-state index in [1.807, 2.05) is 73.7 Å². The number of nitrogens with one attached hydrogen (secondary N) is 2. The number of carbonyl (C=O) groups excluding carboxylic acids is 1. The molecule has 5 aromatic rings.